The fourth-order valence-corrected chi connectivity index (χ4v) is 1.60. The molecule has 1 atom stereocenters. The number of aromatic nitrogens is 1. The number of hydrogen-bond acceptors (Lipinski definition) is 5. The summed E-state index contributed by atoms with van der Waals surface area (Å²) in [6.07, 6.45) is 1.68. The molecule has 1 N–H and O–H groups in total. The maximum Gasteiger partial charge on any atom is 0.328 e. The number of rotatable bonds is 5. The molecule has 0 saturated carbocycles. The highest BCUT2D eigenvalue weighted by Crippen LogP contribution is 2.05. The van der Waals surface area contributed by atoms with Crippen LogP contribution in [0.4, 0.5) is 0 Å². The zero-order valence-electron chi connectivity index (χ0n) is 11.3. The zero-order chi connectivity index (χ0) is 14.3. The zero-order valence-corrected chi connectivity index (χ0v) is 12.1. The lowest BCUT2D eigenvalue weighted by atomic mass is 10.1. The van der Waals surface area contributed by atoms with Gasteiger partial charge in [-0.25, -0.2) is 4.79 Å². The van der Waals surface area contributed by atoms with E-state index in [0.29, 0.717) is 0 Å². The van der Waals surface area contributed by atoms with E-state index in [4.69, 9.17) is 21.7 Å². The second kappa shape index (κ2) is 7.68. The highest BCUT2D eigenvalue weighted by atomic mass is 32.1. The molecule has 0 aliphatic carbocycles. The molecule has 0 aliphatic rings. The van der Waals surface area contributed by atoms with Gasteiger partial charge in [-0.2, -0.15) is 0 Å². The van der Waals surface area contributed by atoms with E-state index in [1.54, 1.807) is 6.20 Å². The third-order valence-electron chi connectivity index (χ3n) is 2.47. The third-order valence-corrected chi connectivity index (χ3v) is 2.71. The van der Waals surface area contributed by atoms with Gasteiger partial charge in [-0.05, 0) is 30.3 Å². The molecule has 6 heteroatoms. The molecule has 5 nitrogen and oxygen atoms in total. The summed E-state index contributed by atoms with van der Waals surface area (Å²) in [6, 6.07) is 5.02. The van der Waals surface area contributed by atoms with Crippen molar-refractivity contribution in [3.05, 3.63) is 30.1 Å². The fourth-order valence-electron chi connectivity index (χ4n) is 1.42. The molecule has 1 rings (SSSR count). The lowest BCUT2D eigenvalue weighted by molar-refractivity contribution is -0.143. The van der Waals surface area contributed by atoms with Crippen LogP contribution in [0.25, 0.3) is 0 Å². The van der Waals surface area contributed by atoms with Gasteiger partial charge in [0.05, 0.1) is 12.8 Å². The van der Waals surface area contributed by atoms with E-state index in [2.05, 4.69) is 10.3 Å². The number of thiocarbonyl (C=S) groups is 1. The monoisotopic (exact) mass is 282 g/mol. The van der Waals surface area contributed by atoms with Gasteiger partial charge in [0.25, 0.3) is 5.17 Å². The largest absolute Gasteiger partial charge is 0.467 e. The minimum absolute atomic E-state index is 0.0452. The van der Waals surface area contributed by atoms with Crippen molar-refractivity contribution in [2.24, 2.45) is 5.92 Å². The Hall–Kier alpha value is -1.69. The van der Waals surface area contributed by atoms with Crippen LogP contribution in [-0.2, 0) is 20.9 Å². The number of carbonyl (C=O) groups is 1. The van der Waals surface area contributed by atoms with Crippen LogP contribution >= 0.6 is 12.2 Å². The van der Waals surface area contributed by atoms with Gasteiger partial charge in [-0.3, -0.25) is 4.98 Å². The molecule has 0 unspecified atom stereocenters. The van der Waals surface area contributed by atoms with Gasteiger partial charge in [0.2, 0.25) is 0 Å². The van der Waals surface area contributed by atoms with Gasteiger partial charge >= 0.3 is 5.97 Å². The number of nitrogens with one attached hydrogen (secondary N) is 1. The molecule has 0 bridgehead atoms. The minimum Gasteiger partial charge on any atom is -0.467 e. The van der Waals surface area contributed by atoms with E-state index in [-0.39, 0.29) is 23.7 Å². The Bertz CT molecular complexity index is 423. The Balaban J connectivity index is 2.47. The van der Waals surface area contributed by atoms with Gasteiger partial charge < -0.3 is 14.8 Å². The summed E-state index contributed by atoms with van der Waals surface area (Å²) < 4.78 is 10.1. The quantitative estimate of drug-likeness (QED) is 0.655. The van der Waals surface area contributed by atoms with E-state index in [9.17, 15) is 4.79 Å². The molecule has 0 amide bonds. The van der Waals surface area contributed by atoms with Gasteiger partial charge in [0.1, 0.15) is 12.6 Å². The topological polar surface area (TPSA) is 60.5 Å². The molecule has 1 aromatic rings. The Morgan fingerprint density at radius 3 is 2.74 bits per heavy atom. The summed E-state index contributed by atoms with van der Waals surface area (Å²) in [6.45, 7) is 4.06. The molecule has 0 fully saturated rings. The lowest BCUT2D eigenvalue weighted by Crippen LogP contribution is -2.45. The number of carbonyl (C=O) groups excluding carboxylic acids is 1. The molecule has 0 radical (unpaired) electrons. The van der Waals surface area contributed by atoms with Crippen molar-refractivity contribution in [2.75, 3.05) is 7.11 Å². The Morgan fingerprint density at radius 2 is 2.21 bits per heavy atom. The van der Waals surface area contributed by atoms with Crippen LogP contribution in [0.15, 0.2) is 24.4 Å². The van der Waals surface area contributed by atoms with E-state index in [1.807, 2.05) is 32.0 Å². The Kier molecular flexibility index (Phi) is 6.21. The first kappa shape index (κ1) is 15.4. The predicted molar refractivity (Wildman–Crippen MR) is 75.4 cm³/mol. The number of ether oxygens (including phenoxy) is 2. The molecule has 19 heavy (non-hydrogen) atoms. The van der Waals surface area contributed by atoms with Crippen LogP contribution in [0.2, 0.25) is 0 Å². The van der Waals surface area contributed by atoms with Crippen molar-refractivity contribution >= 4 is 23.4 Å². The minimum atomic E-state index is -0.513. The van der Waals surface area contributed by atoms with Crippen LogP contribution in [0.1, 0.15) is 19.5 Å². The van der Waals surface area contributed by atoms with Gasteiger partial charge in [-0.1, -0.05) is 19.9 Å². The van der Waals surface area contributed by atoms with Crippen LogP contribution in [0.3, 0.4) is 0 Å². The first-order valence-corrected chi connectivity index (χ1v) is 6.36. The molecular weight excluding hydrogens is 264 g/mol. The summed E-state index contributed by atoms with van der Waals surface area (Å²) in [5, 5.41) is 3.01. The van der Waals surface area contributed by atoms with Crippen molar-refractivity contribution in [3.8, 4) is 0 Å². The van der Waals surface area contributed by atoms with E-state index < -0.39 is 6.04 Å². The number of nitrogens with zero attached hydrogens (tertiary/aromatic N) is 1. The third kappa shape index (κ3) is 5.21. The fraction of sp³-hybridized carbons (Fsp3) is 0.462. The number of hydrogen-bond donors (Lipinski definition) is 1. The van der Waals surface area contributed by atoms with Gasteiger partial charge in [0, 0.05) is 6.20 Å². The standard InChI is InChI=1S/C13H18N2O3S/c1-9(2)11(12(16)17-3)15-13(19)18-8-10-6-4-5-7-14-10/h4-7,9,11H,8H2,1-3H3,(H,15,19)/t11-/m0/s1. The second-order valence-electron chi connectivity index (χ2n) is 4.29. The van der Waals surface area contributed by atoms with E-state index in [0.717, 1.165) is 5.69 Å². The van der Waals surface area contributed by atoms with Gasteiger partial charge in [-0.15, -0.1) is 0 Å². The highest BCUT2D eigenvalue weighted by Gasteiger charge is 2.24. The van der Waals surface area contributed by atoms with Crippen LogP contribution < -0.4 is 5.32 Å². The Morgan fingerprint density at radius 1 is 1.47 bits per heavy atom. The van der Waals surface area contributed by atoms with Crippen molar-refractivity contribution in [1.82, 2.24) is 10.3 Å². The van der Waals surface area contributed by atoms with E-state index >= 15 is 0 Å². The van der Waals surface area contributed by atoms with Crippen molar-refractivity contribution in [1.29, 1.82) is 0 Å². The average Bonchev–Trinajstić information content (AvgIpc) is 2.42. The summed E-state index contributed by atoms with van der Waals surface area (Å²) >= 11 is 5.05. The number of pyridine rings is 1. The van der Waals surface area contributed by atoms with Crippen LogP contribution in [0, 0.1) is 5.92 Å². The summed E-state index contributed by atoms with van der Waals surface area (Å²) in [7, 11) is 1.34. The molecule has 1 aromatic heterocycles. The smallest absolute Gasteiger partial charge is 0.328 e. The van der Waals surface area contributed by atoms with Crippen molar-refractivity contribution in [2.45, 2.75) is 26.5 Å². The van der Waals surface area contributed by atoms with Crippen molar-refractivity contribution < 1.29 is 14.3 Å². The number of esters is 1. The van der Waals surface area contributed by atoms with Gasteiger partial charge in [0.15, 0.2) is 0 Å². The first-order chi connectivity index (χ1) is 9.04. The number of methoxy groups -OCH3 is 1. The molecule has 0 saturated heterocycles. The summed E-state index contributed by atoms with van der Waals surface area (Å²) in [4.78, 5) is 15.7. The van der Waals surface area contributed by atoms with Crippen molar-refractivity contribution in [3.63, 3.8) is 0 Å². The highest BCUT2D eigenvalue weighted by molar-refractivity contribution is 7.80. The Labute approximate surface area is 118 Å². The SMILES string of the molecule is COC(=O)[C@@H](NC(=S)OCc1ccccn1)C(C)C. The molecular formula is C13H18N2O3S. The average molecular weight is 282 g/mol. The molecule has 0 aromatic carbocycles. The lowest BCUT2D eigenvalue weighted by Gasteiger charge is -2.21. The van der Waals surface area contributed by atoms with Crippen LogP contribution in [-0.4, -0.2) is 29.3 Å². The first-order valence-electron chi connectivity index (χ1n) is 5.95. The summed E-state index contributed by atoms with van der Waals surface area (Å²) in [5.41, 5.74) is 0.769. The maximum absolute atomic E-state index is 11.6. The maximum atomic E-state index is 11.6. The van der Waals surface area contributed by atoms with Crippen LogP contribution in [0.5, 0.6) is 0 Å². The molecule has 1 heterocycles. The van der Waals surface area contributed by atoms with E-state index in [1.165, 1.54) is 7.11 Å². The molecule has 0 spiro atoms. The predicted octanol–water partition coefficient (Wildman–Crippen LogP) is 1.67. The molecule has 104 valence electrons. The normalized spacial score (nSPS) is 11.8. The molecule has 0 aliphatic heterocycles. The second-order valence-corrected chi connectivity index (χ2v) is 4.66. The summed E-state index contributed by atoms with van der Waals surface area (Å²) in [5.74, 6) is -0.317.